The lowest BCUT2D eigenvalue weighted by atomic mass is 10.1. The molecule has 0 radical (unpaired) electrons. The number of carbonyl (C=O) groups is 2. The molecule has 1 aliphatic carbocycles. The fourth-order valence-electron chi connectivity index (χ4n) is 2.90. The molecule has 2 aromatic carbocycles. The highest BCUT2D eigenvalue weighted by Crippen LogP contribution is 2.32. The molecule has 0 saturated heterocycles. The first-order valence-electron chi connectivity index (χ1n) is 9.71. The van der Waals surface area contributed by atoms with E-state index in [1.165, 1.54) is 42.7 Å². The normalized spacial score (nSPS) is 13.2. The topological polar surface area (TPSA) is 80.3 Å². The minimum absolute atomic E-state index is 0.0784. The second-order valence-electron chi connectivity index (χ2n) is 7.07. The summed E-state index contributed by atoms with van der Waals surface area (Å²) in [5.41, 5.74) is 2.42. The van der Waals surface area contributed by atoms with Gasteiger partial charge in [0.2, 0.25) is 5.91 Å². The predicted molar refractivity (Wildman–Crippen MR) is 119 cm³/mol. The number of benzene rings is 2. The van der Waals surface area contributed by atoms with Crippen molar-refractivity contribution in [2.45, 2.75) is 18.9 Å². The number of ether oxygens (including phenoxy) is 1. The van der Waals surface area contributed by atoms with Gasteiger partial charge in [0.05, 0.1) is 12.8 Å². The first kappa shape index (κ1) is 20.7. The van der Waals surface area contributed by atoms with Crippen molar-refractivity contribution in [1.82, 2.24) is 10.3 Å². The number of halogens is 1. The highest BCUT2D eigenvalue weighted by molar-refractivity contribution is 7.14. The summed E-state index contributed by atoms with van der Waals surface area (Å²) in [5, 5.41) is 7.75. The summed E-state index contributed by atoms with van der Waals surface area (Å²) in [6.45, 7) is 0. The van der Waals surface area contributed by atoms with E-state index in [0.29, 0.717) is 33.7 Å². The Labute approximate surface area is 182 Å². The maximum atomic E-state index is 13.6. The summed E-state index contributed by atoms with van der Waals surface area (Å²) in [6.07, 6.45) is 5.13. The molecule has 31 heavy (non-hydrogen) atoms. The SMILES string of the molecule is COc1ccc(F)cc1-c1csc(NC(=O)/C=C/c2ccc(C(=O)NC3CC3)cc2)n1. The summed E-state index contributed by atoms with van der Waals surface area (Å²) in [5.74, 6) is -0.319. The third-order valence-corrected chi connectivity index (χ3v) is 5.44. The highest BCUT2D eigenvalue weighted by atomic mass is 32.1. The van der Waals surface area contributed by atoms with Gasteiger partial charge >= 0.3 is 0 Å². The molecule has 0 aliphatic heterocycles. The second kappa shape index (κ2) is 9.09. The minimum atomic E-state index is -0.395. The number of amides is 2. The fourth-order valence-corrected chi connectivity index (χ4v) is 3.61. The van der Waals surface area contributed by atoms with Crippen LogP contribution in [0.3, 0.4) is 0 Å². The zero-order chi connectivity index (χ0) is 21.8. The van der Waals surface area contributed by atoms with Gasteiger partial charge in [0.25, 0.3) is 5.91 Å². The van der Waals surface area contributed by atoms with Crippen molar-refractivity contribution in [3.05, 3.63) is 70.9 Å². The smallest absolute Gasteiger partial charge is 0.251 e. The summed E-state index contributed by atoms with van der Waals surface area (Å²) in [6, 6.07) is 11.5. The molecule has 0 atom stereocenters. The first-order valence-corrected chi connectivity index (χ1v) is 10.6. The van der Waals surface area contributed by atoms with Crippen LogP contribution in [0.25, 0.3) is 17.3 Å². The highest BCUT2D eigenvalue weighted by Gasteiger charge is 2.23. The quantitative estimate of drug-likeness (QED) is 0.534. The van der Waals surface area contributed by atoms with Crippen LogP contribution >= 0.6 is 11.3 Å². The molecule has 158 valence electrons. The molecule has 1 fully saturated rings. The Morgan fingerprint density at radius 1 is 1.19 bits per heavy atom. The van der Waals surface area contributed by atoms with E-state index in [-0.39, 0.29) is 11.8 Å². The third-order valence-electron chi connectivity index (χ3n) is 4.68. The molecule has 1 heterocycles. The number of aromatic nitrogens is 1. The predicted octanol–water partition coefficient (Wildman–Crippen LogP) is 4.50. The Bertz CT molecular complexity index is 1140. The number of anilines is 1. The van der Waals surface area contributed by atoms with E-state index in [1.807, 2.05) is 0 Å². The Hall–Kier alpha value is -3.52. The van der Waals surface area contributed by atoms with Gasteiger partial charge in [-0.3, -0.25) is 14.9 Å². The van der Waals surface area contributed by atoms with E-state index in [2.05, 4.69) is 15.6 Å². The molecule has 0 spiro atoms. The van der Waals surface area contributed by atoms with E-state index in [9.17, 15) is 14.0 Å². The van der Waals surface area contributed by atoms with Crippen LogP contribution in [0.4, 0.5) is 9.52 Å². The summed E-state index contributed by atoms with van der Waals surface area (Å²) < 4.78 is 18.8. The van der Waals surface area contributed by atoms with Crippen LogP contribution in [0.2, 0.25) is 0 Å². The maximum absolute atomic E-state index is 13.6. The lowest BCUT2D eigenvalue weighted by molar-refractivity contribution is -0.111. The van der Waals surface area contributed by atoms with Crippen molar-refractivity contribution in [2.75, 3.05) is 12.4 Å². The zero-order valence-electron chi connectivity index (χ0n) is 16.7. The molecule has 0 bridgehead atoms. The Morgan fingerprint density at radius 2 is 1.97 bits per heavy atom. The van der Waals surface area contributed by atoms with Gasteiger partial charge in [-0.05, 0) is 54.8 Å². The summed E-state index contributed by atoms with van der Waals surface area (Å²) in [7, 11) is 1.50. The zero-order valence-corrected chi connectivity index (χ0v) is 17.5. The lowest BCUT2D eigenvalue weighted by Crippen LogP contribution is -2.25. The number of carbonyl (C=O) groups excluding carboxylic acids is 2. The molecule has 1 saturated carbocycles. The maximum Gasteiger partial charge on any atom is 0.251 e. The molecule has 3 aromatic rings. The van der Waals surface area contributed by atoms with Gasteiger partial charge in [0.15, 0.2) is 5.13 Å². The summed E-state index contributed by atoms with van der Waals surface area (Å²) >= 11 is 1.24. The largest absolute Gasteiger partial charge is 0.496 e. The van der Waals surface area contributed by atoms with Crippen molar-refractivity contribution < 1.29 is 18.7 Å². The molecule has 0 unspecified atom stereocenters. The molecule has 8 heteroatoms. The molecule has 1 aliphatic rings. The van der Waals surface area contributed by atoms with Crippen LogP contribution in [-0.2, 0) is 4.79 Å². The van der Waals surface area contributed by atoms with Crippen LogP contribution in [0.5, 0.6) is 5.75 Å². The number of rotatable bonds is 7. The Balaban J connectivity index is 1.37. The molecule has 2 amide bonds. The average Bonchev–Trinajstić information content (AvgIpc) is 3.47. The van der Waals surface area contributed by atoms with Crippen LogP contribution in [-0.4, -0.2) is 29.9 Å². The average molecular weight is 437 g/mol. The first-order chi connectivity index (χ1) is 15.0. The van der Waals surface area contributed by atoms with Gasteiger partial charge in [-0.1, -0.05) is 12.1 Å². The van der Waals surface area contributed by atoms with Crippen molar-refractivity contribution >= 4 is 34.4 Å². The van der Waals surface area contributed by atoms with Gasteiger partial charge in [0, 0.05) is 28.6 Å². The van der Waals surface area contributed by atoms with E-state index in [1.54, 1.807) is 35.7 Å². The standard InChI is InChI=1S/C23H20FN3O3S/c1-30-20-10-7-16(24)12-18(20)19-13-31-23(26-19)27-21(28)11-4-14-2-5-15(6-3-14)22(29)25-17-8-9-17/h2-7,10-13,17H,8-9H2,1H3,(H,25,29)(H,26,27,28)/b11-4+. The third kappa shape index (κ3) is 5.35. The number of hydrogen-bond donors (Lipinski definition) is 2. The fraction of sp³-hybridized carbons (Fsp3) is 0.174. The molecular formula is C23H20FN3O3S. The second-order valence-corrected chi connectivity index (χ2v) is 7.93. The molecular weight excluding hydrogens is 417 g/mol. The van der Waals surface area contributed by atoms with Crippen LogP contribution < -0.4 is 15.4 Å². The van der Waals surface area contributed by atoms with Crippen LogP contribution in [0.15, 0.2) is 53.9 Å². The van der Waals surface area contributed by atoms with Gasteiger partial charge in [-0.15, -0.1) is 11.3 Å². The number of nitrogens with zero attached hydrogens (tertiary/aromatic N) is 1. The number of hydrogen-bond acceptors (Lipinski definition) is 5. The molecule has 2 N–H and O–H groups in total. The van der Waals surface area contributed by atoms with Crippen molar-refractivity contribution in [1.29, 1.82) is 0 Å². The summed E-state index contributed by atoms with van der Waals surface area (Å²) in [4.78, 5) is 28.6. The number of thiazole rings is 1. The van der Waals surface area contributed by atoms with E-state index in [4.69, 9.17) is 4.74 Å². The lowest BCUT2D eigenvalue weighted by Gasteiger charge is -2.05. The minimum Gasteiger partial charge on any atom is -0.496 e. The number of methoxy groups -OCH3 is 1. The van der Waals surface area contributed by atoms with Crippen molar-refractivity contribution in [3.63, 3.8) is 0 Å². The van der Waals surface area contributed by atoms with Crippen molar-refractivity contribution in [2.24, 2.45) is 0 Å². The monoisotopic (exact) mass is 437 g/mol. The molecule has 4 rings (SSSR count). The van der Waals surface area contributed by atoms with E-state index in [0.717, 1.165) is 18.4 Å². The van der Waals surface area contributed by atoms with Crippen LogP contribution in [0.1, 0.15) is 28.8 Å². The van der Waals surface area contributed by atoms with Gasteiger partial charge in [0.1, 0.15) is 11.6 Å². The van der Waals surface area contributed by atoms with Gasteiger partial charge < -0.3 is 10.1 Å². The Morgan fingerprint density at radius 3 is 2.68 bits per heavy atom. The Kier molecular flexibility index (Phi) is 6.08. The van der Waals surface area contributed by atoms with Gasteiger partial charge in [-0.25, -0.2) is 9.37 Å². The van der Waals surface area contributed by atoms with E-state index >= 15 is 0 Å². The number of nitrogens with one attached hydrogen (secondary N) is 2. The molecule has 1 aromatic heterocycles. The van der Waals surface area contributed by atoms with Crippen LogP contribution in [0, 0.1) is 5.82 Å². The van der Waals surface area contributed by atoms with E-state index < -0.39 is 5.82 Å². The van der Waals surface area contributed by atoms with Gasteiger partial charge in [-0.2, -0.15) is 0 Å². The van der Waals surface area contributed by atoms with Crippen molar-refractivity contribution in [3.8, 4) is 17.0 Å². The molecule has 6 nitrogen and oxygen atoms in total.